The number of hydrogen-bond acceptors (Lipinski definition) is 3. The van der Waals surface area contributed by atoms with Crippen molar-refractivity contribution >= 4 is 17.5 Å². The van der Waals surface area contributed by atoms with Crippen LogP contribution in [0.5, 0.6) is 5.75 Å². The summed E-state index contributed by atoms with van der Waals surface area (Å²) < 4.78 is 0. The molecule has 0 radical (unpaired) electrons. The Hall–Kier alpha value is -2.04. The van der Waals surface area contributed by atoms with Gasteiger partial charge in [0.15, 0.2) is 0 Å². The fourth-order valence-electron chi connectivity index (χ4n) is 2.00. The van der Waals surface area contributed by atoms with Crippen LogP contribution < -0.4 is 5.32 Å². The molecule has 2 amide bonds. The summed E-state index contributed by atoms with van der Waals surface area (Å²) >= 11 is 0. The third kappa shape index (κ3) is 2.80. The molecule has 1 aromatic carbocycles. The predicted octanol–water partition coefficient (Wildman–Crippen LogP) is 1.34. The highest BCUT2D eigenvalue weighted by molar-refractivity contribution is 6.39. The minimum absolute atomic E-state index is 0.0442. The van der Waals surface area contributed by atoms with Crippen molar-refractivity contribution in [3.05, 3.63) is 24.3 Å². The van der Waals surface area contributed by atoms with Crippen LogP contribution in [0.4, 0.5) is 5.69 Å². The van der Waals surface area contributed by atoms with Crippen LogP contribution in [0.2, 0.25) is 0 Å². The highest BCUT2D eigenvalue weighted by Crippen LogP contribution is 2.21. The number of piperidine rings is 1. The first kappa shape index (κ1) is 12.4. The van der Waals surface area contributed by atoms with E-state index >= 15 is 0 Å². The molecule has 0 spiro atoms. The van der Waals surface area contributed by atoms with Crippen molar-refractivity contribution in [3.63, 3.8) is 0 Å². The number of para-hydroxylation sites is 2. The van der Waals surface area contributed by atoms with Gasteiger partial charge in [0.05, 0.1) is 5.69 Å². The van der Waals surface area contributed by atoms with Gasteiger partial charge in [0.25, 0.3) is 0 Å². The second-order valence-corrected chi connectivity index (χ2v) is 4.32. The van der Waals surface area contributed by atoms with Crippen molar-refractivity contribution in [2.75, 3.05) is 18.4 Å². The van der Waals surface area contributed by atoms with Crippen LogP contribution >= 0.6 is 0 Å². The Morgan fingerprint density at radius 2 is 1.78 bits per heavy atom. The van der Waals surface area contributed by atoms with Crippen LogP contribution in [0.3, 0.4) is 0 Å². The van der Waals surface area contributed by atoms with E-state index in [0.717, 1.165) is 19.3 Å². The van der Waals surface area contributed by atoms with Gasteiger partial charge in [-0.2, -0.15) is 0 Å². The number of carbonyl (C=O) groups is 2. The van der Waals surface area contributed by atoms with Gasteiger partial charge in [-0.15, -0.1) is 0 Å². The summed E-state index contributed by atoms with van der Waals surface area (Å²) in [5.74, 6) is -1.27. The van der Waals surface area contributed by atoms with E-state index in [-0.39, 0.29) is 11.4 Å². The number of rotatable bonds is 1. The van der Waals surface area contributed by atoms with Crippen molar-refractivity contribution in [1.29, 1.82) is 0 Å². The average Bonchev–Trinajstić information content (AvgIpc) is 2.41. The maximum absolute atomic E-state index is 11.8. The molecule has 0 bridgehead atoms. The number of phenols is 1. The van der Waals surface area contributed by atoms with E-state index in [0.29, 0.717) is 13.1 Å². The van der Waals surface area contributed by atoms with Gasteiger partial charge >= 0.3 is 11.8 Å². The molecule has 0 saturated carbocycles. The van der Waals surface area contributed by atoms with E-state index in [2.05, 4.69) is 5.32 Å². The van der Waals surface area contributed by atoms with Gasteiger partial charge in [-0.25, -0.2) is 0 Å². The van der Waals surface area contributed by atoms with Gasteiger partial charge in [-0.3, -0.25) is 9.59 Å². The quantitative estimate of drug-likeness (QED) is 0.582. The minimum Gasteiger partial charge on any atom is -0.506 e. The number of amides is 2. The zero-order valence-electron chi connectivity index (χ0n) is 10.1. The molecule has 1 aromatic rings. The lowest BCUT2D eigenvalue weighted by Gasteiger charge is -2.25. The number of anilines is 1. The summed E-state index contributed by atoms with van der Waals surface area (Å²) in [6.07, 6.45) is 2.98. The molecular formula is C13H16N2O3. The third-order valence-corrected chi connectivity index (χ3v) is 2.99. The van der Waals surface area contributed by atoms with Crippen LogP contribution in [-0.4, -0.2) is 34.9 Å². The lowest BCUT2D eigenvalue weighted by atomic mass is 10.1. The van der Waals surface area contributed by atoms with Crippen molar-refractivity contribution in [2.45, 2.75) is 19.3 Å². The van der Waals surface area contributed by atoms with Crippen molar-refractivity contribution in [3.8, 4) is 5.75 Å². The Balaban J connectivity index is 1.99. The molecule has 18 heavy (non-hydrogen) atoms. The molecule has 0 aromatic heterocycles. The van der Waals surface area contributed by atoms with E-state index in [1.165, 1.54) is 6.07 Å². The van der Waals surface area contributed by atoms with Crippen LogP contribution in [-0.2, 0) is 9.59 Å². The van der Waals surface area contributed by atoms with Crippen LogP contribution in [0.15, 0.2) is 24.3 Å². The Morgan fingerprint density at radius 3 is 2.44 bits per heavy atom. The fourth-order valence-corrected chi connectivity index (χ4v) is 2.00. The summed E-state index contributed by atoms with van der Waals surface area (Å²) in [6, 6.07) is 6.34. The second-order valence-electron chi connectivity index (χ2n) is 4.32. The molecule has 1 aliphatic rings. The smallest absolute Gasteiger partial charge is 0.314 e. The van der Waals surface area contributed by atoms with Crippen molar-refractivity contribution in [2.24, 2.45) is 0 Å². The van der Waals surface area contributed by atoms with Gasteiger partial charge < -0.3 is 15.3 Å². The number of aromatic hydroxyl groups is 1. The summed E-state index contributed by atoms with van der Waals surface area (Å²) in [7, 11) is 0. The molecule has 1 heterocycles. The molecule has 1 saturated heterocycles. The lowest BCUT2D eigenvalue weighted by molar-refractivity contribution is -0.143. The van der Waals surface area contributed by atoms with Gasteiger partial charge in [0, 0.05) is 13.1 Å². The highest BCUT2D eigenvalue weighted by Gasteiger charge is 2.23. The molecule has 1 fully saturated rings. The van der Waals surface area contributed by atoms with Gasteiger partial charge in [-0.1, -0.05) is 12.1 Å². The molecule has 5 heteroatoms. The van der Waals surface area contributed by atoms with E-state index in [1.54, 1.807) is 23.1 Å². The largest absolute Gasteiger partial charge is 0.506 e. The third-order valence-electron chi connectivity index (χ3n) is 2.99. The van der Waals surface area contributed by atoms with E-state index < -0.39 is 11.8 Å². The number of carbonyl (C=O) groups excluding carboxylic acids is 2. The normalized spacial score (nSPS) is 15.2. The number of hydrogen-bond donors (Lipinski definition) is 2. The second kappa shape index (κ2) is 5.53. The molecule has 0 aliphatic carbocycles. The summed E-state index contributed by atoms with van der Waals surface area (Å²) in [5.41, 5.74) is 0.257. The van der Waals surface area contributed by atoms with Crippen LogP contribution in [0, 0.1) is 0 Å². The predicted molar refractivity (Wildman–Crippen MR) is 67.2 cm³/mol. The summed E-state index contributed by atoms with van der Waals surface area (Å²) in [4.78, 5) is 25.2. The fraction of sp³-hybridized carbons (Fsp3) is 0.385. The van der Waals surface area contributed by atoms with Gasteiger partial charge in [0.1, 0.15) is 5.75 Å². The SMILES string of the molecule is O=C(Nc1ccccc1O)C(=O)N1CCCCC1. The van der Waals surface area contributed by atoms with Gasteiger partial charge in [-0.05, 0) is 31.4 Å². The van der Waals surface area contributed by atoms with E-state index in [9.17, 15) is 14.7 Å². The maximum atomic E-state index is 11.8. The van der Waals surface area contributed by atoms with Gasteiger partial charge in [0.2, 0.25) is 0 Å². The standard InChI is InChI=1S/C13H16N2O3/c16-11-7-3-2-6-10(11)14-12(17)13(18)15-8-4-1-5-9-15/h2-3,6-7,16H,1,4-5,8-9H2,(H,14,17). The number of likely N-dealkylation sites (tertiary alicyclic amines) is 1. The molecule has 0 atom stereocenters. The zero-order chi connectivity index (χ0) is 13.0. The number of nitrogens with one attached hydrogen (secondary N) is 1. The average molecular weight is 248 g/mol. The first-order valence-corrected chi connectivity index (χ1v) is 6.07. The van der Waals surface area contributed by atoms with Crippen LogP contribution in [0.25, 0.3) is 0 Å². The Morgan fingerprint density at radius 1 is 1.11 bits per heavy atom. The molecule has 1 aliphatic heterocycles. The Bertz CT molecular complexity index is 453. The number of nitrogens with zero attached hydrogens (tertiary/aromatic N) is 1. The maximum Gasteiger partial charge on any atom is 0.314 e. The monoisotopic (exact) mass is 248 g/mol. The molecule has 96 valence electrons. The van der Waals surface area contributed by atoms with E-state index in [4.69, 9.17) is 0 Å². The highest BCUT2D eigenvalue weighted by atomic mass is 16.3. The Kier molecular flexibility index (Phi) is 3.82. The summed E-state index contributed by atoms with van der Waals surface area (Å²) in [5, 5.41) is 11.9. The lowest BCUT2D eigenvalue weighted by Crippen LogP contribution is -2.42. The topological polar surface area (TPSA) is 69.6 Å². The number of phenolic OH excluding ortho intramolecular Hbond substituents is 1. The first-order chi connectivity index (χ1) is 8.68. The molecule has 2 N–H and O–H groups in total. The van der Waals surface area contributed by atoms with E-state index in [1.807, 2.05) is 0 Å². The van der Waals surface area contributed by atoms with Crippen molar-refractivity contribution in [1.82, 2.24) is 4.90 Å². The van der Waals surface area contributed by atoms with Crippen LogP contribution in [0.1, 0.15) is 19.3 Å². The van der Waals surface area contributed by atoms with Crippen molar-refractivity contribution < 1.29 is 14.7 Å². The first-order valence-electron chi connectivity index (χ1n) is 6.07. The minimum atomic E-state index is -0.696. The molecule has 0 unspecified atom stereocenters. The number of benzene rings is 1. The molecule has 5 nitrogen and oxygen atoms in total. The Labute approximate surface area is 105 Å². The summed E-state index contributed by atoms with van der Waals surface area (Å²) in [6.45, 7) is 1.26. The molecule has 2 rings (SSSR count). The zero-order valence-corrected chi connectivity index (χ0v) is 10.1. The molecular weight excluding hydrogens is 232 g/mol.